The van der Waals surface area contributed by atoms with E-state index in [1.54, 1.807) is 13.2 Å². The number of rotatable bonds is 20. The standard InChI is InChI=1S/C16H26O3.C14H8F18O.C14H18F6O3/c1-3-15-7-13-6-14(8-15)10-16(9-13,11-15)19-12-18-5-4-17-2;1-5(2)3-4-6(33-5,7(15,16)9(19,20)11(23,24)13(27,28)29)8(17,18)10(21,22)12(25,26)14(30,31)32;1-21-4-5-22-8-23-12(13(15,16)17,14(18,19)20)11-7-9-2-3-10(11)6-9/h3,13-14H,1,4-12H2,2H3;3-4H,1-2H3;2-3,9-11H,4-8H2,1H3. The van der Waals surface area contributed by atoms with E-state index in [1.807, 2.05) is 0 Å². The lowest BCUT2D eigenvalue weighted by atomic mass is 9.48. The van der Waals surface area contributed by atoms with E-state index in [4.69, 9.17) is 18.9 Å². The van der Waals surface area contributed by atoms with Crippen LogP contribution >= 0.6 is 0 Å². The van der Waals surface area contributed by atoms with Gasteiger partial charge in [-0.2, -0.15) is 105 Å². The molecule has 6 aliphatic carbocycles. The first kappa shape index (κ1) is 64.8. The fraction of sp³-hybridized carbons (Fsp3) is 0.864. The van der Waals surface area contributed by atoms with E-state index in [2.05, 4.69) is 26.9 Å². The molecule has 75 heavy (non-hydrogen) atoms. The predicted molar refractivity (Wildman–Crippen MR) is 210 cm³/mol. The van der Waals surface area contributed by atoms with Gasteiger partial charge in [-0.3, -0.25) is 0 Å². The summed E-state index contributed by atoms with van der Waals surface area (Å²) in [5, 5.41) is 0. The first-order valence-corrected chi connectivity index (χ1v) is 22.4. The Morgan fingerprint density at radius 3 is 1.35 bits per heavy atom. The molecule has 31 heteroatoms. The first-order chi connectivity index (χ1) is 33.7. The van der Waals surface area contributed by atoms with Crippen molar-refractivity contribution in [1.82, 2.24) is 0 Å². The van der Waals surface area contributed by atoms with Gasteiger partial charge in [0.25, 0.3) is 5.60 Å². The van der Waals surface area contributed by atoms with Crippen molar-refractivity contribution < 1.29 is 139 Å². The van der Waals surface area contributed by atoms with Crippen molar-refractivity contribution in [2.75, 3.05) is 54.2 Å². The molecule has 0 spiro atoms. The van der Waals surface area contributed by atoms with Crippen molar-refractivity contribution in [2.24, 2.45) is 35.0 Å². The number of ether oxygens (including phenoxy) is 7. The van der Waals surface area contributed by atoms with Crippen LogP contribution in [0.3, 0.4) is 0 Å². The maximum Gasteiger partial charge on any atom is 0.460 e. The van der Waals surface area contributed by atoms with Crippen LogP contribution in [-0.2, 0) is 33.2 Å². The molecule has 0 saturated heterocycles. The Labute approximate surface area is 412 Å². The lowest BCUT2D eigenvalue weighted by molar-refractivity contribution is -0.462. The predicted octanol–water partition coefficient (Wildman–Crippen LogP) is 13.9. The van der Waals surface area contributed by atoms with Crippen LogP contribution in [0.1, 0.15) is 65.2 Å². The Balaban J connectivity index is 0.000000253. The number of hydrogen-bond acceptors (Lipinski definition) is 7. The molecule has 0 aromatic rings. The van der Waals surface area contributed by atoms with Crippen molar-refractivity contribution >= 4 is 0 Å². The lowest BCUT2D eigenvalue weighted by Crippen LogP contribution is -2.78. The van der Waals surface area contributed by atoms with E-state index in [0.717, 1.165) is 18.3 Å². The summed E-state index contributed by atoms with van der Waals surface area (Å²) in [6, 6.07) is 0. The molecule has 7 nitrogen and oxygen atoms in total. The Kier molecular flexibility index (Phi) is 18.5. The van der Waals surface area contributed by atoms with Crippen LogP contribution in [0.5, 0.6) is 0 Å². The number of allylic oxidation sites excluding steroid dienone is 3. The smallest absolute Gasteiger partial charge is 0.382 e. The van der Waals surface area contributed by atoms with Crippen LogP contribution < -0.4 is 0 Å². The van der Waals surface area contributed by atoms with Gasteiger partial charge in [-0.15, -0.1) is 6.58 Å². The van der Waals surface area contributed by atoms with E-state index in [0.29, 0.717) is 31.8 Å². The fourth-order valence-electron chi connectivity index (χ4n) is 11.0. The van der Waals surface area contributed by atoms with E-state index >= 15 is 0 Å². The van der Waals surface area contributed by atoms with Gasteiger partial charge in [-0.05, 0) is 100 Å². The monoisotopic (exact) mass is 1150 g/mol. The quantitative estimate of drug-likeness (QED) is 0.0521. The average Bonchev–Trinajstić information content (AvgIpc) is 3.98. The highest BCUT2D eigenvalue weighted by molar-refractivity contribution is 5.32. The van der Waals surface area contributed by atoms with Gasteiger partial charge in [0, 0.05) is 20.1 Å². The zero-order valence-corrected chi connectivity index (χ0v) is 39.8. The van der Waals surface area contributed by atoms with Crippen LogP contribution in [0.15, 0.2) is 37.0 Å². The van der Waals surface area contributed by atoms with Gasteiger partial charge in [0.2, 0.25) is 5.60 Å². The van der Waals surface area contributed by atoms with Crippen LogP contribution in [0, 0.1) is 35.0 Å². The van der Waals surface area contributed by atoms with Gasteiger partial charge in [0.1, 0.15) is 13.6 Å². The minimum atomic E-state index is -8.16. The van der Waals surface area contributed by atoms with Crippen molar-refractivity contribution in [1.29, 1.82) is 0 Å². The molecule has 0 aromatic carbocycles. The number of fused-ring (bicyclic) bond motifs is 2. The highest BCUT2D eigenvalue weighted by Gasteiger charge is 2.96. The van der Waals surface area contributed by atoms with Gasteiger partial charge in [0.05, 0.1) is 37.6 Å². The molecule has 1 heterocycles. The zero-order chi connectivity index (χ0) is 57.8. The third-order valence-corrected chi connectivity index (χ3v) is 14.2. The largest absolute Gasteiger partial charge is 0.460 e. The van der Waals surface area contributed by atoms with Crippen molar-refractivity contribution in [3.63, 3.8) is 0 Å². The highest BCUT2D eigenvalue weighted by atomic mass is 19.4. The second-order valence-corrected chi connectivity index (χ2v) is 19.9. The summed E-state index contributed by atoms with van der Waals surface area (Å²) in [5.41, 5.74) is -13.3. The van der Waals surface area contributed by atoms with E-state index in [-0.39, 0.29) is 51.1 Å². The van der Waals surface area contributed by atoms with Gasteiger partial charge in [-0.25, -0.2) is 0 Å². The minimum absolute atomic E-state index is 0.0469. The molecule has 7 rings (SSSR count). The number of methoxy groups -OCH3 is 2. The molecule has 0 N–H and O–H groups in total. The van der Waals surface area contributed by atoms with Gasteiger partial charge >= 0.3 is 60.2 Å². The minimum Gasteiger partial charge on any atom is -0.382 e. The van der Waals surface area contributed by atoms with E-state index < -0.39 is 102 Å². The zero-order valence-electron chi connectivity index (χ0n) is 39.8. The average molecular weight is 1150 g/mol. The molecule has 0 aromatic heterocycles. The van der Waals surface area contributed by atoms with Gasteiger partial charge in [0.15, 0.2) is 0 Å². The fourth-order valence-corrected chi connectivity index (χ4v) is 11.0. The summed E-state index contributed by atoms with van der Waals surface area (Å²) in [4.78, 5) is 0. The number of halogens is 24. The highest BCUT2D eigenvalue weighted by Crippen LogP contribution is 2.68. The summed E-state index contributed by atoms with van der Waals surface area (Å²) < 4.78 is 353. The summed E-state index contributed by atoms with van der Waals surface area (Å²) in [6.07, 6.45) is -15.1. The second-order valence-electron chi connectivity index (χ2n) is 19.9. The van der Waals surface area contributed by atoms with E-state index in [9.17, 15) is 105 Å². The molecule has 1 aliphatic heterocycles. The first-order valence-electron chi connectivity index (χ1n) is 22.4. The van der Waals surface area contributed by atoms with Gasteiger partial charge < -0.3 is 33.2 Å². The molecular formula is C44H52F24O7. The third kappa shape index (κ3) is 11.5. The summed E-state index contributed by atoms with van der Waals surface area (Å²) in [5.74, 6) is -49.1. The number of hydrogen-bond donors (Lipinski definition) is 0. The summed E-state index contributed by atoms with van der Waals surface area (Å²) in [7, 11) is 3.03. The molecule has 5 saturated carbocycles. The van der Waals surface area contributed by atoms with Crippen molar-refractivity contribution in [3.05, 3.63) is 37.0 Å². The van der Waals surface area contributed by atoms with E-state index in [1.165, 1.54) is 45.3 Å². The molecule has 6 bridgehead atoms. The van der Waals surface area contributed by atoms with Crippen LogP contribution in [0.2, 0.25) is 0 Å². The molecule has 7 aliphatic rings. The van der Waals surface area contributed by atoms with Crippen LogP contribution in [0.4, 0.5) is 105 Å². The normalized spacial score (nSPS) is 28.8. The SMILES string of the molecule is C=CC12CC3CC(C1)CC(OCOCCOC)(C3)C2.CC1(C)C=CC(C(F)(F)C(F)(F)C(F)(F)C(F)(F)F)(C(F)(F)C(F)(F)C(F)(F)C(F)(F)F)O1.COCCOCOC(C1CC2C=CC1C2)(C(F)(F)F)C(F)(F)F. The van der Waals surface area contributed by atoms with Crippen molar-refractivity contribution in [3.8, 4) is 0 Å². The van der Waals surface area contributed by atoms with Crippen LogP contribution in [-0.4, -0.2) is 137 Å². The number of alkyl halides is 24. The molecule has 5 fully saturated rings. The second kappa shape index (κ2) is 21.4. The molecule has 438 valence electrons. The van der Waals surface area contributed by atoms with Crippen molar-refractivity contribution in [2.45, 2.75) is 148 Å². The maximum absolute atomic E-state index is 14.4. The molecule has 5 atom stereocenters. The Morgan fingerprint density at radius 1 is 0.547 bits per heavy atom. The molecule has 0 radical (unpaired) electrons. The molecule has 0 amide bonds. The summed E-state index contributed by atoms with van der Waals surface area (Å²) in [6.45, 7) is 5.06. The molecular weight excluding hydrogens is 1100 g/mol. The third-order valence-electron chi connectivity index (χ3n) is 14.2. The van der Waals surface area contributed by atoms with Gasteiger partial charge in [-0.1, -0.05) is 24.3 Å². The summed E-state index contributed by atoms with van der Waals surface area (Å²) >= 11 is 0. The Bertz CT molecular complexity index is 1910. The Hall–Kier alpha value is -2.74. The lowest BCUT2D eigenvalue weighted by Gasteiger charge is -2.60. The molecule has 5 unspecified atom stereocenters. The Morgan fingerprint density at radius 2 is 1.00 bits per heavy atom. The maximum atomic E-state index is 14.4. The van der Waals surface area contributed by atoms with Crippen LogP contribution in [0.25, 0.3) is 0 Å². The topological polar surface area (TPSA) is 64.6 Å².